The molecule has 15 heavy (non-hydrogen) atoms. The minimum absolute atomic E-state index is 0. The average molecular weight is 403 g/mol. The number of carbonyl (C=O) groups is 1. The van der Waals surface area contributed by atoms with Gasteiger partial charge in [-0.3, -0.25) is 0 Å². The van der Waals surface area contributed by atoms with Gasteiger partial charge in [0.1, 0.15) is 0 Å². The number of hydrogen-bond acceptors (Lipinski definition) is 2. The summed E-state index contributed by atoms with van der Waals surface area (Å²) in [7, 11) is 0. The Bertz CT molecular complexity index is 443. The van der Waals surface area contributed by atoms with Crippen LogP contribution in [0, 0.1) is 6.07 Å². The highest BCUT2D eigenvalue weighted by molar-refractivity contribution is 8.93. The fraction of sp³-hybridized carbons (Fsp3) is 0. The fourth-order valence-corrected chi connectivity index (χ4v) is 1.08. The minimum Gasteiger partial charge on any atom is -0.350 e. The molecule has 0 saturated heterocycles. The minimum atomic E-state index is -0.579. The summed E-state index contributed by atoms with van der Waals surface area (Å²) in [5, 5.41) is 4.70. The Hall–Kier alpha value is -0.400. The summed E-state index contributed by atoms with van der Waals surface area (Å²) in [5.41, 5.74) is 5.76. The van der Waals surface area contributed by atoms with Gasteiger partial charge in [0.25, 0.3) is 0 Å². The third-order valence-electron chi connectivity index (χ3n) is 1.62. The summed E-state index contributed by atoms with van der Waals surface area (Å²) in [5.74, 6) is 0. The van der Waals surface area contributed by atoms with Gasteiger partial charge < -0.3 is 5.73 Å². The normalized spacial score (nSPS) is 8.27. The first-order valence-corrected chi connectivity index (χ1v) is 3.42. The van der Waals surface area contributed by atoms with E-state index < -0.39 is 6.03 Å². The van der Waals surface area contributed by atoms with Gasteiger partial charge in [0.2, 0.25) is 0 Å². The second-order valence-electron chi connectivity index (χ2n) is 2.38. The van der Waals surface area contributed by atoms with E-state index in [4.69, 9.17) is 5.73 Å². The number of carbonyl (C=O) groups excluding carboxylic acids is 1. The van der Waals surface area contributed by atoms with E-state index in [0.29, 0.717) is 5.52 Å². The van der Waals surface area contributed by atoms with Crippen molar-refractivity contribution in [3.8, 4) is 0 Å². The van der Waals surface area contributed by atoms with Gasteiger partial charge in [0, 0.05) is 5.39 Å². The van der Waals surface area contributed by atoms with Crippen LogP contribution in [0.1, 0.15) is 0 Å². The first kappa shape index (κ1) is 17.0. The van der Waals surface area contributed by atoms with Crippen LogP contribution in [0.2, 0.25) is 0 Å². The molecular formula is C8H9Br3N3O. The van der Waals surface area contributed by atoms with Gasteiger partial charge in [0.05, 0.1) is 11.7 Å². The lowest BCUT2D eigenvalue weighted by Crippen LogP contribution is -2.20. The maximum Gasteiger partial charge on any atom is 0.340 e. The molecule has 0 aliphatic heterocycles. The number of rotatable bonds is 0. The molecule has 0 atom stereocenters. The van der Waals surface area contributed by atoms with Crippen LogP contribution >= 0.6 is 50.9 Å². The van der Waals surface area contributed by atoms with Gasteiger partial charge in [-0.05, 0) is 12.1 Å². The van der Waals surface area contributed by atoms with Crippen LogP contribution in [0.4, 0.5) is 4.79 Å². The molecule has 0 unspecified atom stereocenters. The van der Waals surface area contributed by atoms with Crippen LogP contribution in [-0.4, -0.2) is 15.8 Å². The van der Waals surface area contributed by atoms with Gasteiger partial charge >= 0.3 is 6.03 Å². The standard InChI is InChI=1S/C8H6N3O.3BrH/c9-8(12)11-7-4-2-1-3-6(7)5-10-11;;;/h1,3-5H,(H2,9,12);3*1H. The zero-order valence-electron chi connectivity index (χ0n) is 7.41. The smallest absolute Gasteiger partial charge is 0.340 e. The predicted octanol–water partition coefficient (Wildman–Crippen LogP) is 2.50. The van der Waals surface area contributed by atoms with Crippen LogP contribution < -0.4 is 5.73 Å². The van der Waals surface area contributed by atoms with Crippen LogP contribution in [0.5, 0.6) is 0 Å². The SMILES string of the molecule is Br.Br.Br.NC(=O)n1ncc2cc[c]cc21. The number of amides is 1. The molecule has 0 saturated carbocycles. The maximum atomic E-state index is 10.8. The zero-order valence-corrected chi connectivity index (χ0v) is 12.6. The molecule has 83 valence electrons. The van der Waals surface area contributed by atoms with E-state index >= 15 is 0 Å². The van der Waals surface area contributed by atoms with Crippen molar-refractivity contribution >= 4 is 67.9 Å². The van der Waals surface area contributed by atoms with Crippen LogP contribution in [0.15, 0.2) is 24.4 Å². The molecule has 2 aromatic rings. The molecule has 1 heterocycles. The highest BCUT2D eigenvalue weighted by Gasteiger charge is 2.04. The molecule has 2 N–H and O–H groups in total. The van der Waals surface area contributed by atoms with E-state index in [1.165, 1.54) is 0 Å². The molecule has 1 aromatic heterocycles. The number of benzene rings is 1. The summed E-state index contributed by atoms with van der Waals surface area (Å²) in [4.78, 5) is 10.8. The van der Waals surface area contributed by atoms with Crippen molar-refractivity contribution in [2.45, 2.75) is 0 Å². The van der Waals surface area contributed by atoms with Crippen molar-refractivity contribution in [2.24, 2.45) is 5.73 Å². The molecule has 0 bridgehead atoms. The van der Waals surface area contributed by atoms with E-state index in [-0.39, 0.29) is 50.9 Å². The monoisotopic (exact) mass is 400 g/mol. The Kier molecular flexibility index (Phi) is 7.90. The van der Waals surface area contributed by atoms with Gasteiger partial charge in [-0.15, -0.1) is 50.9 Å². The Morgan fingerprint density at radius 2 is 2.07 bits per heavy atom. The number of nitrogens with zero attached hydrogens (tertiary/aromatic N) is 2. The Labute approximate surface area is 118 Å². The zero-order chi connectivity index (χ0) is 8.55. The third kappa shape index (κ3) is 3.29. The van der Waals surface area contributed by atoms with Crippen LogP contribution in [0.3, 0.4) is 0 Å². The lowest BCUT2D eigenvalue weighted by Gasteiger charge is -1.94. The molecule has 2 rings (SSSR count). The molecule has 1 radical (unpaired) electrons. The summed E-state index contributed by atoms with van der Waals surface area (Å²) >= 11 is 0. The third-order valence-corrected chi connectivity index (χ3v) is 1.62. The first-order chi connectivity index (χ1) is 5.79. The fourth-order valence-electron chi connectivity index (χ4n) is 1.08. The van der Waals surface area contributed by atoms with E-state index in [1.54, 1.807) is 18.3 Å². The van der Waals surface area contributed by atoms with Crippen molar-refractivity contribution in [3.05, 3.63) is 30.5 Å². The largest absolute Gasteiger partial charge is 0.350 e. The summed E-state index contributed by atoms with van der Waals surface area (Å²) < 4.78 is 1.14. The molecule has 4 nitrogen and oxygen atoms in total. The Morgan fingerprint density at radius 1 is 1.40 bits per heavy atom. The van der Waals surface area contributed by atoms with Gasteiger partial charge in [0.15, 0.2) is 0 Å². The molecular weight excluding hydrogens is 394 g/mol. The Balaban J connectivity index is 0. The van der Waals surface area contributed by atoms with Gasteiger partial charge in [-0.25, -0.2) is 4.79 Å². The molecule has 1 aromatic carbocycles. The molecule has 0 aliphatic carbocycles. The lowest BCUT2D eigenvalue weighted by atomic mass is 10.3. The van der Waals surface area contributed by atoms with Gasteiger partial charge in [-0.1, -0.05) is 12.1 Å². The van der Waals surface area contributed by atoms with Crippen molar-refractivity contribution in [2.75, 3.05) is 0 Å². The van der Waals surface area contributed by atoms with Crippen molar-refractivity contribution < 1.29 is 4.79 Å². The topological polar surface area (TPSA) is 60.9 Å². The predicted molar refractivity (Wildman–Crippen MR) is 74.5 cm³/mol. The Morgan fingerprint density at radius 3 is 2.67 bits per heavy atom. The first-order valence-electron chi connectivity index (χ1n) is 3.42. The second-order valence-corrected chi connectivity index (χ2v) is 2.38. The molecule has 0 aliphatic rings. The quantitative estimate of drug-likeness (QED) is 0.736. The summed E-state index contributed by atoms with van der Waals surface area (Å²) in [6.07, 6.45) is 1.59. The van der Waals surface area contributed by atoms with Crippen LogP contribution in [-0.2, 0) is 0 Å². The van der Waals surface area contributed by atoms with Gasteiger partial charge in [-0.2, -0.15) is 9.78 Å². The van der Waals surface area contributed by atoms with E-state index in [2.05, 4.69) is 11.2 Å². The number of aromatic nitrogens is 2. The maximum absolute atomic E-state index is 10.8. The number of nitrogens with two attached hydrogens (primary N) is 1. The van der Waals surface area contributed by atoms with E-state index in [9.17, 15) is 4.79 Å². The number of hydrogen-bond donors (Lipinski definition) is 1. The number of halogens is 3. The average Bonchev–Trinajstić information content (AvgIpc) is 2.47. The summed E-state index contributed by atoms with van der Waals surface area (Å²) in [6.45, 7) is 0. The number of primary amides is 1. The van der Waals surface area contributed by atoms with Crippen LogP contribution in [0.25, 0.3) is 10.9 Å². The number of fused-ring (bicyclic) bond motifs is 1. The van der Waals surface area contributed by atoms with E-state index in [1.807, 2.05) is 6.07 Å². The van der Waals surface area contributed by atoms with Crippen molar-refractivity contribution in [1.29, 1.82) is 0 Å². The highest BCUT2D eigenvalue weighted by Crippen LogP contribution is 2.10. The molecule has 7 heteroatoms. The molecule has 0 fully saturated rings. The lowest BCUT2D eigenvalue weighted by molar-refractivity contribution is 0.248. The van der Waals surface area contributed by atoms with Crippen molar-refractivity contribution in [3.63, 3.8) is 0 Å². The van der Waals surface area contributed by atoms with Crippen molar-refractivity contribution in [1.82, 2.24) is 9.78 Å². The highest BCUT2D eigenvalue weighted by atomic mass is 79.9. The molecule has 0 spiro atoms. The molecule has 1 amide bonds. The second kappa shape index (κ2) is 6.97. The van der Waals surface area contributed by atoms with E-state index in [0.717, 1.165) is 10.1 Å². The summed E-state index contributed by atoms with van der Waals surface area (Å²) in [6, 6.07) is 7.52.